The van der Waals surface area contributed by atoms with Crippen molar-refractivity contribution >= 4 is 15.9 Å². The Labute approximate surface area is 145 Å². The average Bonchev–Trinajstić information content (AvgIpc) is 2.51. The molecule has 5 aliphatic rings. The van der Waals surface area contributed by atoms with Crippen LogP contribution in [0.1, 0.15) is 51.4 Å². The maximum atomic E-state index is 12.6. The Kier molecular flexibility index (Phi) is 4.19. The first-order chi connectivity index (χ1) is 11.3. The van der Waals surface area contributed by atoms with E-state index in [2.05, 4.69) is 5.32 Å². The first kappa shape index (κ1) is 16.8. The van der Waals surface area contributed by atoms with Gasteiger partial charge in [0.25, 0.3) is 0 Å². The lowest BCUT2D eigenvalue weighted by Gasteiger charge is -2.57. The van der Waals surface area contributed by atoms with Gasteiger partial charge in [0.2, 0.25) is 15.9 Å². The van der Waals surface area contributed by atoms with Gasteiger partial charge in [0.1, 0.15) is 0 Å². The summed E-state index contributed by atoms with van der Waals surface area (Å²) in [5, 5.41) is 3.26. The molecule has 0 aromatic heterocycles. The zero-order valence-electron chi connectivity index (χ0n) is 14.7. The summed E-state index contributed by atoms with van der Waals surface area (Å²) in [4.78, 5) is 12.6. The van der Waals surface area contributed by atoms with Crippen LogP contribution in [0.5, 0.6) is 0 Å². The fourth-order valence-corrected chi connectivity index (χ4v) is 7.25. The molecule has 5 fully saturated rings. The monoisotopic (exact) mass is 354 g/mol. The maximum Gasteiger partial charge on any atom is 0.223 e. The number of hydrogen-bond acceptors (Lipinski definition) is 3. The number of nitrogens with zero attached hydrogens (tertiary/aromatic N) is 1. The molecule has 1 heterocycles. The summed E-state index contributed by atoms with van der Waals surface area (Å²) >= 11 is 0. The summed E-state index contributed by atoms with van der Waals surface area (Å²) in [6, 6.07) is 0. The summed E-state index contributed by atoms with van der Waals surface area (Å²) in [7, 11) is -3.12. The molecule has 0 radical (unpaired) electrons. The normalized spacial score (nSPS) is 40.0. The third-order valence-electron chi connectivity index (χ3n) is 7.10. The topological polar surface area (TPSA) is 66.5 Å². The van der Waals surface area contributed by atoms with Crippen LogP contribution >= 0.6 is 0 Å². The van der Waals surface area contributed by atoms with Gasteiger partial charge in [0.15, 0.2) is 0 Å². The number of carbonyl (C=O) groups excluding carboxylic acids is 1. The van der Waals surface area contributed by atoms with E-state index in [1.54, 1.807) is 0 Å². The number of amides is 1. The van der Waals surface area contributed by atoms with Crippen LogP contribution in [0.3, 0.4) is 0 Å². The molecule has 136 valence electrons. The second-order valence-corrected chi connectivity index (χ2v) is 11.1. The van der Waals surface area contributed by atoms with Crippen LogP contribution in [-0.4, -0.2) is 44.5 Å². The van der Waals surface area contributed by atoms with E-state index in [1.807, 2.05) is 0 Å². The Morgan fingerprint density at radius 3 is 2.00 bits per heavy atom. The fraction of sp³-hybridized carbons (Fsp3) is 0.944. The van der Waals surface area contributed by atoms with Crippen molar-refractivity contribution in [3.05, 3.63) is 0 Å². The Morgan fingerprint density at radius 2 is 1.54 bits per heavy atom. The lowest BCUT2D eigenvalue weighted by Crippen LogP contribution is -2.52. The van der Waals surface area contributed by atoms with Crippen LogP contribution in [0.4, 0.5) is 0 Å². The SMILES string of the molecule is CS(=O)(=O)N1CCC(C(=O)NCC23CC4CC(CC(C4)C2)C3)CC1. The van der Waals surface area contributed by atoms with E-state index in [0.29, 0.717) is 31.3 Å². The van der Waals surface area contributed by atoms with Crippen molar-refractivity contribution < 1.29 is 13.2 Å². The molecule has 0 aromatic carbocycles. The van der Waals surface area contributed by atoms with Crippen molar-refractivity contribution in [1.82, 2.24) is 9.62 Å². The highest BCUT2D eigenvalue weighted by Gasteiger charge is 2.50. The van der Waals surface area contributed by atoms with E-state index in [4.69, 9.17) is 0 Å². The number of sulfonamides is 1. The van der Waals surface area contributed by atoms with E-state index in [0.717, 1.165) is 24.3 Å². The van der Waals surface area contributed by atoms with Crippen molar-refractivity contribution in [1.29, 1.82) is 0 Å². The van der Waals surface area contributed by atoms with E-state index in [1.165, 1.54) is 49.1 Å². The van der Waals surface area contributed by atoms with Crippen molar-refractivity contribution in [3.8, 4) is 0 Å². The molecule has 5 nitrogen and oxygen atoms in total. The standard InChI is InChI=1S/C18H30N2O3S/c1-24(22,23)20-4-2-16(3-5-20)17(21)19-12-18-9-13-6-14(10-18)8-15(7-13)11-18/h13-16H,2-12H2,1H3,(H,19,21). The highest BCUT2D eigenvalue weighted by molar-refractivity contribution is 7.88. The van der Waals surface area contributed by atoms with E-state index in [-0.39, 0.29) is 11.8 Å². The Bertz CT molecular complexity index is 572. The van der Waals surface area contributed by atoms with Crippen LogP contribution in [0.15, 0.2) is 0 Å². The molecule has 4 bridgehead atoms. The third-order valence-corrected chi connectivity index (χ3v) is 8.40. The average molecular weight is 355 g/mol. The predicted molar refractivity (Wildman–Crippen MR) is 92.8 cm³/mol. The molecule has 5 rings (SSSR count). The van der Waals surface area contributed by atoms with Crippen LogP contribution < -0.4 is 5.32 Å². The van der Waals surface area contributed by atoms with E-state index < -0.39 is 10.0 Å². The molecule has 0 unspecified atom stereocenters. The molecular formula is C18H30N2O3S. The van der Waals surface area contributed by atoms with Crippen LogP contribution in [0.2, 0.25) is 0 Å². The van der Waals surface area contributed by atoms with Gasteiger partial charge in [-0.15, -0.1) is 0 Å². The second-order valence-electron chi connectivity index (χ2n) is 9.07. The minimum Gasteiger partial charge on any atom is -0.355 e. The number of rotatable bonds is 4. The lowest BCUT2D eigenvalue weighted by atomic mass is 9.49. The first-order valence-corrected chi connectivity index (χ1v) is 11.4. The molecule has 1 aliphatic heterocycles. The number of carbonyl (C=O) groups is 1. The Hall–Kier alpha value is -0.620. The summed E-state index contributed by atoms with van der Waals surface area (Å²) in [6.45, 7) is 1.81. The predicted octanol–water partition coefficient (Wildman–Crippen LogP) is 1.99. The summed E-state index contributed by atoms with van der Waals surface area (Å²) < 4.78 is 24.6. The zero-order chi connectivity index (χ0) is 16.9. The molecule has 0 atom stereocenters. The van der Waals surface area contributed by atoms with Gasteiger partial charge in [-0.05, 0) is 74.5 Å². The van der Waals surface area contributed by atoms with Crippen molar-refractivity contribution in [2.75, 3.05) is 25.9 Å². The summed E-state index contributed by atoms with van der Waals surface area (Å²) in [6.07, 6.45) is 10.8. The zero-order valence-corrected chi connectivity index (χ0v) is 15.5. The summed E-state index contributed by atoms with van der Waals surface area (Å²) in [5.74, 6) is 2.86. The number of nitrogens with one attached hydrogen (secondary N) is 1. The van der Waals surface area contributed by atoms with Crippen molar-refractivity contribution in [2.45, 2.75) is 51.4 Å². The highest BCUT2D eigenvalue weighted by atomic mass is 32.2. The van der Waals surface area contributed by atoms with Gasteiger partial charge in [-0.1, -0.05) is 0 Å². The minimum absolute atomic E-state index is 0.0167. The van der Waals surface area contributed by atoms with Crippen LogP contribution in [-0.2, 0) is 14.8 Å². The fourth-order valence-electron chi connectivity index (χ4n) is 6.38. The van der Waals surface area contributed by atoms with Gasteiger partial charge < -0.3 is 5.32 Å². The molecule has 1 amide bonds. The van der Waals surface area contributed by atoms with Gasteiger partial charge in [0, 0.05) is 25.6 Å². The Morgan fingerprint density at radius 1 is 1.04 bits per heavy atom. The highest BCUT2D eigenvalue weighted by Crippen LogP contribution is 2.59. The first-order valence-electron chi connectivity index (χ1n) is 9.56. The third kappa shape index (κ3) is 3.24. The maximum absolute atomic E-state index is 12.6. The van der Waals surface area contributed by atoms with Crippen molar-refractivity contribution in [2.24, 2.45) is 29.1 Å². The van der Waals surface area contributed by atoms with Gasteiger partial charge in [-0.3, -0.25) is 4.79 Å². The van der Waals surface area contributed by atoms with E-state index >= 15 is 0 Å². The van der Waals surface area contributed by atoms with Gasteiger partial charge >= 0.3 is 0 Å². The molecular weight excluding hydrogens is 324 g/mol. The molecule has 1 saturated heterocycles. The number of hydrogen-bond donors (Lipinski definition) is 1. The largest absolute Gasteiger partial charge is 0.355 e. The molecule has 6 heteroatoms. The van der Waals surface area contributed by atoms with Gasteiger partial charge in [-0.2, -0.15) is 0 Å². The lowest BCUT2D eigenvalue weighted by molar-refractivity contribution is -0.128. The molecule has 1 N–H and O–H groups in total. The molecule has 0 spiro atoms. The molecule has 4 aliphatic carbocycles. The molecule has 4 saturated carbocycles. The molecule has 0 aromatic rings. The summed E-state index contributed by atoms with van der Waals surface area (Å²) in [5.41, 5.74) is 0.373. The Balaban J connectivity index is 1.30. The van der Waals surface area contributed by atoms with Crippen LogP contribution in [0, 0.1) is 29.1 Å². The van der Waals surface area contributed by atoms with Crippen LogP contribution in [0.25, 0.3) is 0 Å². The second kappa shape index (κ2) is 5.97. The molecule has 24 heavy (non-hydrogen) atoms. The van der Waals surface area contributed by atoms with E-state index in [9.17, 15) is 13.2 Å². The number of piperidine rings is 1. The van der Waals surface area contributed by atoms with Crippen molar-refractivity contribution in [3.63, 3.8) is 0 Å². The quantitative estimate of drug-likeness (QED) is 0.840. The minimum atomic E-state index is -3.12. The smallest absolute Gasteiger partial charge is 0.223 e. The van der Waals surface area contributed by atoms with Gasteiger partial charge in [-0.25, -0.2) is 12.7 Å². The van der Waals surface area contributed by atoms with Gasteiger partial charge in [0.05, 0.1) is 6.26 Å².